The predicted octanol–water partition coefficient (Wildman–Crippen LogP) is 10.8. The highest BCUT2D eigenvalue weighted by Crippen LogP contribution is 2.29. The number of aromatic amines is 1. The predicted molar refractivity (Wildman–Crippen MR) is 287 cm³/mol. The summed E-state index contributed by atoms with van der Waals surface area (Å²) in [4.78, 5) is 38.1. The first kappa shape index (κ1) is 52.9. The quantitative estimate of drug-likeness (QED) is 0.0485. The third kappa shape index (κ3) is 13.3. The smallest absolute Gasteiger partial charge is 0.339 e. The summed E-state index contributed by atoms with van der Waals surface area (Å²) in [7, 11) is -0.828. The number of methoxy groups -OCH3 is 1. The molecular formula is C56H46ClN5O10S2. The molecule has 2 heterocycles. The van der Waals surface area contributed by atoms with Crippen molar-refractivity contribution in [2.75, 3.05) is 18.6 Å². The number of nitrogens with two attached hydrogens (primary N) is 2. The average Bonchev–Trinajstić information content (AvgIpc) is 4.09. The number of anilines is 2. The van der Waals surface area contributed by atoms with Crippen molar-refractivity contribution >= 4 is 76.0 Å². The number of esters is 1. The Labute approximate surface area is 430 Å². The van der Waals surface area contributed by atoms with E-state index in [1.54, 1.807) is 60.9 Å². The highest BCUT2D eigenvalue weighted by Gasteiger charge is 2.22. The van der Waals surface area contributed by atoms with E-state index < -0.39 is 42.5 Å². The number of aliphatic imine (C=N–C) groups is 1. The van der Waals surface area contributed by atoms with Gasteiger partial charge < -0.3 is 26.4 Å². The lowest BCUT2D eigenvalue weighted by molar-refractivity contribution is 0.0600. The fourth-order valence-electron chi connectivity index (χ4n) is 7.60. The minimum atomic E-state index is -3.74. The number of carbonyl (C=O) groups is 3. The number of nitrogen functional groups attached to an aromatic ring is 2. The van der Waals surface area contributed by atoms with Crippen molar-refractivity contribution in [3.8, 4) is 33.4 Å². The number of rotatable bonds is 10. The van der Waals surface area contributed by atoms with Gasteiger partial charge in [0, 0.05) is 33.7 Å². The number of benzene rings is 8. The Kier molecular flexibility index (Phi) is 16.8. The summed E-state index contributed by atoms with van der Waals surface area (Å²) in [6.07, 6.45) is 3.20. The summed E-state index contributed by atoms with van der Waals surface area (Å²) in [6, 6.07) is 53.5. The molecule has 15 nitrogen and oxygen atoms in total. The van der Waals surface area contributed by atoms with Gasteiger partial charge in [-0.25, -0.2) is 31.2 Å². The lowest BCUT2D eigenvalue weighted by Crippen LogP contribution is -2.10. The molecule has 18 heteroatoms. The number of hydrogen-bond acceptors (Lipinski definition) is 12. The van der Waals surface area contributed by atoms with Gasteiger partial charge in [-0.05, 0) is 117 Å². The van der Waals surface area contributed by atoms with Crippen LogP contribution >= 0.6 is 10.7 Å². The normalized spacial score (nSPS) is 11.4. The number of aromatic nitrogens is 2. The van der Waals surface area contributed by atoms with Gasteiger partial charge in [-0.2, -0.15) is 5.10 Å². The minimum Gasteiger partial charge on any atom is -0.478 e. The zero-order valence-electron chi connectivity index (χ0n) is 39.3. The highest BCUT2D eigenvalue weighted by atomic mass is 35.7. The van der Waals surface area contributed by atoms with Crippen molar-refractivity contribution in [3.05, 3.63) is 222 Å². The van der Waals surface area contributed by atoms with E-state index in [2.05, 4.69) is 19.9 Å². The third-order valence-corrected chi connectivity index (χ3v) is 14.4. The van der Waals surface area contributed by atoms with Gasteiger partial charge in [0.2, 0.25) is 0 Å². The standard InChI is InChI=1S/C21H16N2O4S.C14H13NO2.C13H11NO2.C8H6ClNO2S/c24-21(25)19-8-6-15(14-4-2-1-3-5-14)10-17(19)13-28(26,27)18-7-9-20-16(11-18)12-22-23-20;1-17-14(16)12-8-7-11(9-13(12)15)10-5-3-2-4-6-10;14-12-8-10(6-7-11(12)13(15)16)9-4-2-1-3-5-9;9-13(11,12)8-2-1-6-4-10-5-7(6)3-8/h1-12H,13H2,(H,22,23)(H,24,25);2-9H,15H2,1H3;1-8H,14H2,(H,15,16);1-3,5H,4H2. The number of sulfone groups is 1. The van der Waals surface area contributed by atoms with Gasteiger partial charge in [-0.1, -0.05) is 115 Å². The van der Waals surface area contributed by atoms with Crippen molar-refractivity contribution < 1.29 is 46.2 Å². The highest BCUT2D eigenvalue weighted by molar-refractivity contribution is 8.13. The summed E-state index contributed by atoms with van der Waals surface area (Å²) in [6.45, 7) is 0.623. The van der Waals surface area contributed by atoms with Gasteiger partial charge in [0.05, 0.1) is 57.6 Å². The number of hydrogen-bond donors (Lipinski definition) is 5. The zero-order valence-corrected chi connectivity index (χ0v) is 41.7. The van der Waals surface area contributed by atoms with Crippen molar-refractivity contribution in [3.63, 3.8) is 0 Å². The Hall–Kier alpha value is -8.90. The van der Waals surface area contributed by atoms with Crippen LogP contribution in [0.25, 0.3) is 44.3 Å². The van der Waals surface area contributed by atoms with Crippen LogP contribution in [-0.4, -0.2) is 68.5 Å². The number of carbonyl (C=O) groups excluding carboxylic acids is 1. The van der Waals surface area contributed by atoms with Gasteiger partial charge >= 0.3 is 17.9 Å². The fraction of sp³-hybridized carbons (Fsp3) is 0.0536. The number of aromatic carboxylic acids is 2. The molecule has 0 bridgehead atoms. The van der Waals surface area contributed by atoms with Crippen LogP contribution < -0.4 is 11.5 Å². The summed E-state index contributed by atoms with van der Waals surface area (Å²) < 4.78 is 52.5. The molecule has 374 valence electrons. The molecule has 0 unspecified atom stereocenters. The molecule has 8 aromatic carbocycles. The van der Waals surface area contributed by atoms with Crippen LogP contribution in [0, 0.1) is 0 Å². The summed E-state index contributed by atoms with van der Waals surface area (Å²) in [5, 5.41) is 25.7. The molecule has 0 saturated heterocycles. The Balaban J connectivity index is 0.000000151. The number of carboxylic acid groups (broad SMARTS) is 2. The molecule has 0 spiro atoms. The molecular weight excluding hydrogens is 1000 g/mol. The summed E-state index contributed by atoms with van der Waals surface area (Å²) in [5.74, 6) is -2.98. The average molecular weight is 1050 g/mol. The molecule has 0 saturated carbocycles. The maximum atomic E-state index is 13.0. The first-order valence-corrected chi connectivity index (χ1v) is 26.2. The minimum absolute atomic E-state index is 0.0207. The maximum absolute atomic E-state index is 13.0. The van der Waals surface area contributed by atoms with Crippen molar-refractivity contribution in [1.82, 2.24) is 10.2 Å². The summed E-state index contributed by atoms with van der Waals surface area (Å²) >= 11 is 0. The Morgan fingerprint density at radius 2 is 1.09 bits per heavy atom. The molecule has 0 aliphatic carbocycles. The molecule has 0 amide bonds. The van der Waals surface area contributed by atoms with Crippen molar-refractivity contribution in [2.24, 2.45) is 4.99 Å². The van der Waals surface area contributed by atoms with Crippen molar-refractivity contribution in [2.45, 2.75) is 22.1 Å². The Morgan fingerprint density at radius 3 is 1.59 bits per heavy atom. The topological polar surface area (TPSA) is 262 Å². The van der Waals surface area contributed by atoms with E-state index in [0.717, 1.165) is 50.0 Å². The van der Waals surface area contributed by atoms with Gasteiger partial charge in [0.1, 0.15) is 0 Å². The van der Waals surface area contributed by atoms with Gasteiger partial charge in [0.25, 0.3) is 9.05 Å². The zero-order chi connectivity index (χ0) is 53.0. The Bertz CT molecular complexity index is 3760. The van der Waals surface area contributed by atoms with Crippen LogP contribution in [0.4, 0.5) is 11.4 Å². The number of H-pyrrole nitrogens is 1. The largest absolute Gasteiger partial charge is 0.478 e. The molecule has 1 aliphatic rings. The molecule has 10 rings (SSSR count). The molecule has 7 N–H and O–H groups in total. The second-order valence-electron chi connectivity index (χ2n) is 16.3. The number of nitrogens with zero attached hydrogens (tertiary/aromatic N) is 2. The number of nitrogens with one attached hydrogen (secondary N) is 1. The van der Waals surface area contributed by atoms with Gasteiger partial charge in [0.15, 0.2) is 9.84 Å². The van der Waals surface area contributed by atoms with Crippen LogP contribution in [-0.2, 0) is 35.9 Å². The molecule has 0 fully saturated rings. The van der Waals surface area contributed by atoms with Gasteiger partial charge in [-0.3, -0.25) is 10.1 Å². The number of ether oxygens (including phenoxy) is 1. The number of halogens is 1. The Morgan fingerprint density at radius 1 is 0.595 bits per heavy atom. The fourth-order valence-corrected chi connectivity index (χ4v) is 9.78. The van der Waals surface area contributed by atoms with Crippen LogP contribution in [0.5, 0.6) is 0 Å². The van der Waals surface area contributed by atoms with E-state index in [4.69, 9.17) is 27.3 Å². The second kappa shape index (κ2) is 23.6. The molecule has 9 aromatic rings. The van der Waals surface area contributed by atoms with E-state index in [-0.39, 0.29) is 32.2 Å². The molecule has 0 radical (unpaired) electrons. The SMILES string of the molecule is COC(=O)c1ccc(-c2ccccc2)cc1N.Nc1cc(-c2ccccc2)ccc1C(=O)O.O=C(O)c1ccc(-c2ccccc2)cc1CS(=O)(=O)c1ccc2[nH]ncc2c1.O=S(=O)(Cl)c1ccc2c(c1)C=NC2. The van der Waals surface area contributed by atoms with Crippen LogP contribution in [0.3, 0.4) is 0 Å². The van der Waals surface area contributed by atoms with Crippen LogP contribution in [0.2, 0.25) is 0 Å². The van der Waals surface area contributed by atoms with Crippen molar-refractivity contribution in [1.29, 1.82) is 0 Å². The molecule has 1 aromatic heterocycles. The monoisotopic (exact) mass is 1050 g/mol. The molecule has 1 aliphatic heterocycles. The number of fused-ring (bicyclic) bond motifs is 2. The molecule has 74 heavy (non-hydrogen) atoms. The van der Waals surface area contributed by atoms with E-state index >= 15 is 0 Å². The first-order valence-electron chi connectivity index (χ1n) is 22.3. The van der Waals surface area contributed by atoms with E-state index in [1.807, 2.05) is 97.1 Å². The lowest BCUT2D eigenvalue weighted by Gasteiger charge is -2.11. The second-order valence-corrected chi connectivity index (χ2v) is 20.9. The molecule has 0 atom stereocenters. The van der Waals surface area contributed by atoms with Crippen LogP contribution in [0.1, 0.15) is 47.8 Å². The maximum Gasteiger partial charge on any atom is 0.339 e. The summed E-state index contributed by atoms with van der Waals surface area (Å²) in [5.41, 5.74) is 21.2. The first-order chi connectivity index (χ1) is 35.4. The van der Waals surface area contributed by atoms with E-state index in [9.17, 15) is 36.3 Å². The van der Waals surface area contributed by atoms with E-state index in [0.29, 0.717) is 23.2 Å². The van der Waals surface area contributed by atoms with Gasteiger partial charge in [-0.15, -0.1) is 0 Å². The number of carboxylic acids is 2. The lowest BCUT2D eigenvalue weighted by atomic mass is 10.00. The van der Waals surface area contributed by atoms with Crippen LogP contribution in [0.15, 0.2) is 203 Å². The third-order valence-electron chi connectivity index (χ3n) is 11.4. The van der Waals surface area contributed by atoms with E-state index in [1.165, 1.54) is 43.5 Å².